The van der Waals surface area contributed by atoms with Crippen molar-refractivity contribution in [3.63, 3.8) is 0 Å². The molecule has 3 rings (SSSR count). The molecule has 0 amide bonds. The molecule has 0 fully saturated rings. The van der Waals surface area contributed by atoms with Gasteiger partial charge >= 0.3 is 17.2 Å². The van der Waals surface area contributed by atoms with Crippen LogP contribution in [0.5, 0.6) is 11.5 Å². The Morgan fingerprint density at radius 1 is 0.688 bits per heavy atom. The van der Waals surface area contributed by atoms with Gasteiger partial charge in [-0.3, -0.25) is 0 Å². The van der Waals surface area contributed by atoms with Gasteiger partial charge in [0.2, 0.25) is 0 Å². The first kappa shape index (κ1) is 25.1. The maximum Gasteiger partial charge on any atom is 0.393 e. The molecule has 0 spiro atoms. The molecular formula is C20H26O10P2. The summed E-state index contributed by atoms with van der Waals surface area (Å²) in [6, 6.07) is 7.01. The number of ether oxygens (including phenoxy) is 4. The van der Waals surface area contributed by atoms with Gasteiger partial charge in [-0.05, 0) is 12.1 Å². The van der Waals surface area contributed by atoms with E-state index in [1.165, 1.54) is 12.5 Å². The van der Waals surface area contributed by atoms with Crippen molar-refractivity contribution in [3.8, 4) is 11.5 Å². The smallest absolute Gasteiger partial charge is 0.393 e. The second kappa shape index (κ2) is 14.5. The summed E-state index contributed by atoms with van der Waals surface area (Å²) in [6.07, 6.45) is 9.27. The zero-order valence-corrected chi connectivity index (χ0v) is 19.0. The van der Waals surface area contributed by atoms with Crippen molar-refractivity contribution in [1.29, 1.82) is 0 Å². The summed E-state index contributed by atoms with van der Waals surface area (Å²) in [4.78, 5) is 19.7. The largest absolute Gasteiger partial charge is 0.487 e. The van der Waals surface area contributed by atoms with Crippen molar-refractivity contribution in [2.45, 2.75) is 12.2 Å². The highest BCUT2D eigenvalue weighted by Crippen LogP contribution is 2.34. The van der Waals surface area contributed by atoms with Gasteiger partial charge in [0.1, 0.15) is 31.3 Å². The van der Waals surface area contributed by atoms with E-state index in [0.29, 0.717) is 11.5 Å². The molecule has 1 heterocycles. The number of benzene rings is 1. The molecule has 0 saturated carbocycles. The van der Waals surface area contributed by atoms with Crippen LogP contribution in [0.25, 0.3) is 0 Å². The summed E-state index contributed by atoms with van der Waals surface area (Å²) in [5.41, 5.74) is 0. The molecule has 12 heteroatoms. The van der Waals surface area contributed by atoms with Crippen LogP contribution in [0.3, 0.4) is 0 Å². The number of para-hydroxylation sites is 2. The predicted molar refractivity (Wildman–Crippen MR) is 117 cm³/mol. The molecule has 176 valence electrons. The summed E-state index contributed by atoms with van der Waals surface area (Å²) in [5, 5.41) is 0. The van der Waals surface area contributed by atoms with Crippen molar-refractivity contribution >= 4 is 17.2 Å². The Bertz CT molecular complexity index is 760. The molecule has 1 aliphatic carbocycles. The average Bonchev–Trinajstić information content (AvgIpc) is 2.81. The first-order valence-corrected chi connectivity index (χ1v) is 12.1. The zero-order valence-electron chi connectivity index (χ0n) is 17.2. The maximum atomic E-state index is 9.86. The fourth-order valence-electron chi connectivity index (χ4n) is 2.65. The van der Waals surface area contributed by atoms with E-state index in [2.05, 4.69) is 0 Å². The normalized spacial score (nSPS) is 29.6. The van der Waals surface area contributed by atoms with E-state index >= 15 is 0 Å². The minimum Gasteiger partial charge on any atom is -0.487 e. The van der Waals surface area contributed by atoms with Gasteiger partial charge in [0.25, 0.3) is 0 Å². The molecule has 0 bridgehead atoms. The predicted octanol–water partition coefficient (Wildman–Crippen LogP) is 3.33. The van der Waals surface area contributed by atoms with Crippen LogP contribution in [0.2, 0.25) is 0 Å². The van der Waals surface area contributed by atoms with Gasteiger partial charge in [0.15, 0.2) is 11.5 Å². The van der Waals surface area contributed by atoms with E-state index < -0.39 is 17.2 Å². The highest BCUT2D eigenvalue weighted by molar-refractivity contribution is 7.40. The molecule has 1 aromatic rings. The van der Waals surface area contributed by atoms with Crippen molar-refractivity contribution in [3.05, 3.63) is 61.1 Å². The van der Waals surface area contributed by atoms with Crippen LogP contribution in [0.15, 0.2) is 61.1 Å². The lowest BCUT2D eigenvalue weighted by molar-refractivity contribution is -0.0437. The third-order valence-corrected chi connectivity index (χ3v) is 5.53. The lowest BCUT2D eigenvalue weighted by atomic mass is 10.1. The van der Waals surface area contributed by atoms with Crippen molar-refractivity contribution in [2.24, 2.45) is 0 Å². The Hall–Kier alpha value is -1.58. The van der Waals surface area contributed by atoms with Crippen molar-refractivity contribution < 1.29 is 46.8 Å². The van der Waals surface area contributed by atoms with Gasteiger partial charge in [0, 0.05) is 0 Å². The Labute approximate surface area is 188 Å². The Morgan fingerprint density at radius 2 is 1.28 bits per heavy atom. The first-order valence-electron chi connectivity index (χ1n) is 9.87. The fraction of sp³-hybridized carbons (Fsp3) is 0.400. The Kier molecular flexibility index (Phi) is 11.4. The molecule has 32 heavy (non-hydrogen) atoms. The second-order valence-electron chi connectivity index (χ2n) is 6.21. The summed E-state index contributed by atoms with van der Waals surface area (Å²) in [7, 11) is -4.17. The van der Waals surface area contributed by atoms with E-state index in [4.69, 9.17) is 37.0 Å². The molecule has 4 unspecified atom stereocenters. The first-order chi connectivity index (χ1) is 15.7. The average molecular weight is 488 g/mol. The highest BCUT2D eigenvalue weighted by Gasteiger charge is 2.20. The highest BCUT2D eigenvalue weighted by atomic mass is 31.2. The standard InChI is InChI=1S/C20H26O10P2/c21-31-27-13-9-23-17-5-1-2-6-18(17)24-10-14-28-32(22)30-16-12-26-20-8-4-3-7-19(20)25-11-15-29-31/h1-9,13,19-22H,10-12,14-16H2/b13-9-. The molecule has 0 saturated heterocycles. The lowest BCUT2D eigenvalue weighted by Gasteiger charge is -2.25. The van der Waals surface area contributed by atoms with E-state index in [0.717, 1.165) is 0 Å². The number of allylic oxidation sites excluding steroid dienone is 2. The molecule has 2 N–H and O–H groups in total. The van der Waals surface area contributed by atoms with Gasteiger partial charge in [-0.2, -0.15) is 0 Å². The molecule has 1 aliphatic heterocycles. The number of hydrogen-bond donors (Lipinski definition) is 2. The zero-order chi connectivity index (χ0) is 22.4. The van der Waals surface area contributed by atoms with Crippen LogP contribution >= 0.6 is 17.2 Å². The van der Waals surface area contributed by atoms with Crippen LogP contribution < -0.4 is 9.47 Å². The van der Waals surface area contributed by atoms with Crippen LogP contribution in [-0.2, 0) is 27.6 Å². The topological polar surface area (TPSA) is 114 Å². The fourth-order valence-corrected chi connectivity index (χ4v) is 3.63. The molecule has 4 atom stereocenters. The van der Waals surface area contributed by atoms with Gasteiger partial charge in [-0.25, -0.2) is 0 Å². The Balaban J connectivity index is 1.55. The third-order valence-electron chi connectivity index (χ3n) is 4.02. The molecule has 1 aromatic carbocycles. The van der Waals surface area contributed by atoms with Gasteiger partial charge in [0.05, 0.1) is 33.0 Å². The van der Waals surface area contributed by atoms with Crippen molar-refractivity contribution in [2.75, 3.05) is 39.6 Å². The van der Waals surface area contributed by atoms with Crippen LogP contribution in [0, 0.1) is 0 Å². The molecule has 0 radical (unpaired) electrons. The minimum absolute atomic E-state index is 0.120. The van der Waals surface area contributed by atoms with E-state index in [1.54, 1.807) is 24.3 Å². The summed E-state index contributed by atoms with van der Waals surface area (Å²) < 4.78 is 43.4. The number of hydrogen-bond acceptors (Lipinski definition) is 10. The lowest BCUT2D eigenvalue weighted by Crippen LogP contribution is -2.31. The molecular weight excluding hydrogens is 462 g/mol. The second-order valence-corrected chi connectivity index (χ2v) is 8.14. The number of fused-ring (bicyclic) bond motifs is 2. The van der Waals surface area contributed by atoms with Crippen LogP contribution in [0.1, 0.15) is 0 Å². The summed E-state index contributed by atoms with van der Waals surface area (Å²) in [5.74, 6) is 0.915. The van der Waals surface area contributed by atoms with Gasteiger partial charge < -0.3 is 46.8 Å². The van der Waals surface area contributed by atoms with E-state index in [1.807, 2.05) is 24.3 Å². The minimum atomic E-state index is -2.12. The summed E-state index contributed by atoms with van der Waals surface area (Å²) >= 11 is 0. The molecule has 0 aromatic heterocycles. The van der Waals surface area contributed by atoms with E-state index in [9.17, 15) is 9.79 Å². The monoisotopic (exact) mass is 488 g/mol. The van der Waals surface area contributed by atoms with Crippen molar-refractivity contribution in [1.82, 2.24) is 0 Å². The quantitative estimate of drug-likeness (QED) is 0.527. The molecule has 2 aliphatic rings. The van der Waals surface area contributed by atoms with Gasteiger partial charge in [-0.1, -0.05) is 36.4 Å². The van der Waals surface area contributed by atoms with Gasteiger partial charge in [-0.15, -0.1) is 0 Å². The third kappa shape index (κ3) is 9.11. The molecule has 10 nitrogen and oxygen atoms in total. The Morgan fingerprint density at radius 3 is 1.97 bits per heavy atom. The maximum absolute atomic E-state index is 9.86. The van der Waals surface area contributed by atoms with E-state index in [-0.39, 0.29) is 51.8 Å². The summed E-state index contributed by atoms with van der Waals surface area (Å²) in [6.45, 7) is 1.04. The number of rotatable bonds is 0. The van der Waals surface area contributed by atoms with Crippen LogP contribution in [0.4, 0.5) is 0 Å². The SMILES string of the molecule is OP1O/C=C\Oc2ccccc2OCCOP(O)OCCOC2C=CC=CC2OCCO1. The van der Waals surface area contributed by atoms with Crippen LogP contribution in [-0.4, -0.2) is 61.6 Å².